The monoisotopic (exact) mass is 282 g/mol. The van der Waals surface area contributed by atoms with Crippen molar-refractivity contribution in [3.63, 3.8) is 0 Å². The van der Waals surface area contributed by atoms with Gasteiger partial charge in [-0.15, -0.1) is 0 Å². The fraction of sp³-hybridized carbons (Fsp3) is 0.571. The molecule has 2 N–H and O–H groups in total. The fourth-order valence-corrected chi connectivity index (χ4v) is 1.90. The van der Waals surface area contributed by atoms with Crippen LogP contribution < -0.4 is 5.32 Å². The summed E-state index contributed by atoms with van der Waals surface area (Å²) in [5.41, 5.74) is 0. The number of hydrogen-bond donors (Lipinski definition) is 2. The highest BCUT2D eigenvalue weighted by molar-refractivity contribution is 5.94. The Balaban J connectivity index is 2.47. The molecule has 1 atom stereocenters. The van der Waals surface area contributed by atoms with Crippen molar-refractivity contribution < 1.29 is 19.1 Å². The molecule has 0 saturated carbocycles. The van der Waals surface area contributed by atoms with Crippen LogP contribution >= 0.6 is 0 Å². The molecule has 0 aromatic carbocycles. The summed E-state index contributed by atoms with van der Waals surface area (Å²) >= 11 is 0. The minimum Gasteiger partial charge on any atom is -0.459 e. The number of furan rings is 1. The Morgan fingerprint density at radius 2 is 2.15 bits per heavy atom. The van der Waals surface area contributed by atoms with Crippen LogP contribution in [0.25, 0.3) is 0 Å². The number of rotatable bonds is 7. The van der Waals surface area contributed by atoms with E-state index in [1.807, 2.05) is 13.8 Å². The van der Waals surface area contributed by atoms with Gasteiger partial charge in [0, 0.05) is 7.05 Å². The summed E-state index contributed by atoms with van der Waals surface area (Å²) in [7, 11) is 1.53. The number of aliphatic hydroxyl groups is 1. The summed E-state index contributed by atoms with van der Waals surface area (Å²) < 4.78 is 4.99. The van der Waals surface area contributed by atoms with Crippen LogP contribution in [0.1, 0.15) is 30.8 Å². The van der Waals surface area contributed by atoms with Crippen LogP contribution in [0, 0.1) is 5.92 Å². The van der Waals surface area contributed by atoms with E-state index in [0.717, 1.165) is 0 Å². The zero-order valence-electron chi connectivity index (χ0n) is 12.1. The third kappa shape index (κ3) is 5.05. The van der Waals surface area contributed by atoms with Crippen molar-refractivity contribution in [2.24, 2.45) is 5.92 Å². The van der Waals surface area contributed by atoms with Gasteiger partial charge in [0.2, 0.25) is 5.91 Å². The van der Waals surface area contributed by atoms with Gasteiger partial charge in [-0.25, -0.2) is 0 Å². The predicted octanol–water partition coefficient (Wildman–Crippen LogP) is 0.875. The molecule has 0 fully saturated rings. The highest BCUT2D eigenvalue weighted by atomic mass is 16.3. The molecule has 0 spiro atoms. The van der Waals surface area contributed by atoms with E-state index in [1.54, 1.807) is 12.1 Å². The van der Waals surface area contributed by atoms with Crippen molar-refractivity contribution in [1.29, 1.82) is 0 Å². The maximum atomic E-state index is 11.9. The lowest BCUT2D eigenvalue weighted by molar-refractivity contribution is -0.122. The largest absolute Gasteiger partial charge is 0.459 e. The van der Waals surface area contributed by atoms with Crippen molar-refractivity contribution >= 4 is 11.8 Å². The Bertz CT molecular complexity index is 428. The van der Waals surface area contributed by atoms with Gasteiger partial charge in [-0.05, 0) is 24.5 Å². The summed E-state index contributed by atoms with van der Waals surface area (Å²) in [6.07, 6.45) is 2.10. The van der Waals surface area contributed by atoms with E-state index in [0.29, 0.717) is 12.3 Å². The zero-order valence-corrected chi connectivity index (χ0v) is 12.1. The molecule has 6 nitrogen and oxygen atoms in total. The highest BCUT2D eigenvalue weighted by Crippen LogP contribution is 2.05. The molecule has 0 aliphatic heterocycles. The van der Waals surface area contributed by atoms with Crippen LogP contribution in [-0.2, 0) is 4.79 Å². The first-order valence-electron chi connectivity index (χ1n) is 6.63. The molecule has 1 rings (SSSR count). The maximum Gasteiger partial charge on any atom is 0.289 e. The molecule has 1 heterocycles. The van der Waals surface area contributed by atoms with Crippen LogP contribution in [-0.4, -0.2) is 48.1 Å². The van der Waals surface area contributed by atoms with Crippen LogP contribution in [0.5, 0.6) is 0 Å². The number of aliphatic hydroxyl groups excluding tert-OH is 1. The van der Waals surface area contributed by atoms with Gasteiger partial charge in [-0.3, -0.25) is 9.59 Å². The lowest BCUT2D eigenvalue weighted by atomic mass is 10.0. The topological polar surface area (TPSA) is 82.8 Å². The number of likely N-dealkylation sites (N-methyl/N-ethyl adjacent to an activating group) is 1. The average molecular weight is 282 g/mol. The smallest absolute Gasteiger partial charge is 0.289 e. The van der Waals surface area contributed by atoms with Crippen LogP contribution in [0.2, 0.25) is 0 Å². The molecule has 0 saturated heterocycles. The normalized spacial score (nSPS) is 12.2. The van der Waals surface area contributed by atoms with Crippen molar-refractivity contribution in [3.8, 4) is 0 Å². The molecule has 0 radical (unpaired) electrons. The van der Waals surface area contributed by atoms with E-state index in [1.165, 1.54) is 18.2 Å². The first kappa shape index (κ1) is 16.2. The molecular weight excluding hydrogens is 260 g/mol. The second kappa shape index (κ2) is 7.69. The summed E-state index contributed by atoms with van der Waals surface area (Å²) in [5.74, 6) is -0.0854. The first-order valence-corrected chi connectivity index (χ1v) is 6.63. The van der Waals surface area contributed by atoms with E-state index >= 15 is 0 Å². The minimum atomic E-state index is -0.352. The van der Waals surface area contributed by atoms with E-state index in [-0.39, 0.29) is 36.8 Å². The number of carbonyl (C=O) groups is 2. The predicted molar refractivity (Wildman–Crippen MR) is 74.1 cm³/mol. The molecule has 2 amide bonds. The van der Waals surface area contributed by atoms with Crippen molar-refractivity contribution in [2.45, 2.75) is 26.3 Å². The number of carbonyl (C=O) groups excluding carboxylic acids is 2. The fourth-order valence-electron chi connectivity index (χ4n) is 1.90. The van der Waals surface area contributed by atoms with E-state index < -0.39 is 0 Å². The summed E-state index contributed by atoms with van der Waals surface area (Å²) in [4.78, 5) is 25.0. The van der Waals surface area contributed by atoms with Gasteiger partial charge in [-0.2, -0.15) is 0 Å². The van der Waals surface area contributed by atoms with Gasteiger partial charge in [0.25, 0.3) is 5.91 Å². The summed E-state index contributed by atoms with van der Waals surface area (Å²) in [6.45, 7) is 3.84. The van der Waals surface area contributed by atoms with Gasteiger partial charge in [0.15, 0.2) is 5.76 Å². The van der Waals surface area contributed by atoms with Crippen LogP contribution in [0.4, 0.5) is 0 Å². The molecule has 1 aromatic rings. The van der Waals surface area contributed by atoms with E-state index in [2.05, 4.69) is 5.32 Å². The molecule has 0 bridgehead atoms. The second-order valence-corrected chi connectivity index (χ2v) is 5.22. The highest BCUT2D eigenvalue weighted by Gasteiger charge is 2.19. The van der Waals surface area contributed by atoms with E-state index in [9.17, 15) is 14.7 Å². The Morgan fingerprint density at radius 1 is 1.45 bits per heavy atom. The number of nitrogens with one attached hydrogen (secondary N) is 1. The van der Waals surface area contributed by atoms with Crippen LogP contribution in [0.3, 0.4) is 0 Å². The molecule has 0 aliphatic rings. The van der Waals surface area contributed by atoms with Gasteiger partial charge >= 0.3 is 0 Å². The molecule has 6 heteroatoms. The van der Waals surface area contributed by atoms with Gasteiger partial charge in [-0.1, -0.05) is 13.8 Å². The van der Waals surface area contributed by atoms with Crippen molar-refractivity contribution in [1.82, 2.24) is 10.2 Å². The van der Waals surface area contributed by atoms with Crippen molar-refractivity contribution in [3.05, 3.63) is 24.2 Å². The third-order valence-corrected chi connectivity index (χ3v) is 2.80. The minimum absolute atomic E-state index is 0.0753. The Hall–Kier alpha value is -1.82. The number of hydrogen-bond acceptors (Lipinski definition) is 4. The zero-order chi connectivity index (χ0) is 15.1. The van der Waals surface area contributed by atoms with Gasteiger partial charge in [0.1, 0.15) is 0 Å². The lowest BCUT2D eigenvalue weighted by Crippen LogP contribution is -2.44. The molecular formula is C14H22N2O4. The second-order valence-electron chi connectivity index (χ2n) is 5.22. The molecule has 0 aliphatic carbocycles. The van der Waals surface area contributed by atoms with Gasteiger partial charge in [0.05, 0.1) is 25.5 Å². The Morgan fingerprint density at radius 3 is 2.65 bits per heavy atom. The van der Waals surface area contributed by atoms with Gasteiger partial charge < -0.3 is 19.7 Å². The summed E-state index contributed by atoms with van der Waals surface area (Å²) in [5, 5.41) is 11.9. The molecule has 1 aromatic heterocycles. The molecule has 20 heavy (non-hydrogen) atoms. The number of amides is 2. The SMILES string of the molecule is CC(C)CC(CO)NC(=O)CN(C)C(=O)c1ccco1. The standard InChI is InChI=1S/C14H22N2O4/c1-10(2)7-11(9-17)15-13(18)8-16(3)14(19)12-5-4-6-20-12/h4-6,10-11,17H,7-9H2,1-3H3,(H,15,18). The maximum absolute atomic E-state index is 11.9. The van der Waals surface area contributed by atoms with Crippen LogP contribution in [0.15, 0.2) is 22.8 Å². The number of nitrogens with zero attached hydrogens (tertiary/aromatic N) is 1. The summed E-state index contributed by atoms with van der Waals surface area (Å²) in [6, 6.07) is 2.88. The van der Waals surface area contributed by atoms with Crippen molar-refractivity contribution in [2.75, 3.05) is 20.2 Å². The van der Waals surface area contributed by atoms with E-state index in [4.69, 9.17) is 4.42 Å². The Kier molecular flexibility index (Phi) is 6.24. The molecule has 1 unspecified atom stereocenters. The first-order chi connectivity index (χ1) is 9.43. The molecule has 112 valence electrons. The quantitative estimate of drug-likeness (QED) is 0.777. The third-order valence-electron chi connectivity index (χ3n) is 2.80. The average Bonchev–Trinajstić information content (AvgIpc) is 2.89. The Labute approximate surface area is 118 Å². The lowest BCUT2D eigenvalue weighted by Gasteiger charge is -2.21.